The number of rotatable bonds is 3. The number of para-hydroxylation sites is 2. The van der Waals surface area contributed by atoms with E-state index in [0.29, 0.717) is 0 Å². The maximum absolute atomic E-state index is 2.44. The lowest BCUT2D eigenvalue weighted by Gasteiger charge is -2.09. The van der Waals surface area contributed by atoms with E-state index in [2.05, 4.69) is 144 Å². The molecule has 3 heterocycles. The number of nitrogens with zero attached hydrogens (tertiary/aromatic N) is 1. The van der Waals surface area contributed by atoms with Crippen LogP contribution in [0.25, 0.3) is 79.3 Å². The quantitative estimate of drug-likeness (QED) is 0.204. The molecule has 3 heteroatoms. The number of hydrogen-bond acceptors (Lipinski definition) is 2. The smallest absolute Gasteiger partial charge is 0.0727 e. The van der Waals surface area contributed by atoms with E-state index in [1.165, 1.54) is 79.3 Å². The number of fused-ring (bicyclic) bond motifs is 8. The zero-order valence-electron chi connectivity index (χ0n) is 22.0. The van der Waals surface area contributed by atoms with Crippen LogP contribution in [0.5, 0.6) is 0 Å². The molecule has 1 nitrogen and oxygen atoms in total. The Morgan fingerprint density at radius 3 is 2.02 bits per heavy atom. The minimum atomic E-state index is 1.20. The fourth-order valence-electron chi connectivity index (χ4n) is 6.42. The summed E-state index contributed by atoms with van der Waals surface area (Å²) in [5.74, 6) is 0. The molecule has 0 unspecified atom stereocenters. The van der Waals surface area contributed by atoms with Crippen molar-refractivity contribution in [3.05, 3.63) is 140 Å². The monoisotopic (exact) mass is 557 g/mol. The maximum atomic E-state index is 2.44. The van der Waals surface area contributed by atoms with Gasteiger partial charge >= 0.3 is 0 Å². The minimum Gasteiger partial charge on any atom is -0.308 e. The Hall–Kier alpha value is -4.70. The van der Waals surface area contributed by atoms with Gasteiger partial charge in [-0.3, -0.25) is 0 Å². The second-order valence-electron chi connectivity index (χ2n) is 10.5. The molecular weight excluding hydrogens is 535 g/mol. The van der Waals surface area contributed by atoms with Gasteiger partial charge in [0, 0.05) is 41.3 Å². The first kappa shape index (κ1) is 23.0. The van der Waals surface area contributed by atoms with Crippen molar-refractivity contribution in [2.24, 2.45) is 0 Å². The first-order chi connectivity index (χ1) is 20.3. The minimum absolute atomic E-state index is 1.20. The van der Waals surface area contributed by atoms with Gasteiger partial charge in [0.1, 0.15) is 0 Å². The molecule has 0 bridgehead atoms. The number of aromatic nitrogens is 1. The van der Waals surface area contributed by atoms with E-state index >= 15 is 0 Å². The molecule has 41 heavy (non-hydrogen) atoms. The Balaban J connectivity index is 1.33. The Kier molecular flexibility index (Phi) is 5.00. The van der Waals surface area contributed by atoms with Crippen LogP contribution in [0.4, 0.5) is 0 Å². The van der Waals surface area contributed by atoms with Crippen molar-refractivity contribution in [3.63, 3.8) is 0 Å². The fourth-order valence-corrected chi connectivity index (χ4v) is 8.88. The van der Waals surface area contributed by atoms with E-state index in [9.17, 15) is 0 Å². The normalized spacial score (nSPS) is 11.9. The van der Waals surface area contributed by atoms with Gasteiger partial charge < -0.3 is 4.57 Å². The lowest BCUT2D eigenvalue weighted by atomic mass is 9.97. The molecule has 6 aromatic carbocycles. The van der Waals surface area contributed by atoms with Crippen LogP contribution in [0.2, 0.25) is 0 Å². The second-order valence-corrected chi connectivity index (χ2v) is 12.6. The summed E-state index contributed by atoms with van der Waals surface area (Å²) in [6, 6.07) is 50.9. The van der Waals surface area contributed by atoms with Gasteiger partial charge in [-0.25, -0.2) is 0 Å². The molecule has 0 atom stereocenters. The van der Waals surface area contributed by atoms with Crippen molar-refractivity contribution in [3.8, 4) is 27.9 Å². The average molecular weight is 558 g/mol. The molecule has 9 aromatic rings. The lowest BCUT2D eigenvalue weighted by Crippen LogP contribution is -1.92. The molecule has 3 aromatic heterocycles. The van der Waals surface area contributed by atoms with Gasteiger partial charge in [0.15, 0.2) is 0 Å². The van der Waals surface area contributed by atoms with E-state index in [4.69, 9.17) is 0 Å². The van der Waals surface area contributed by atoms with Gasteiger partial charge in [0.05, 0.1) is 15.7 Å². The van der Waals surface area contributed by atoms with Crippen molar-refractivity contribution >= 4 is 74.1 Å². The van der Waals surface area contributed by atoms with Crippen LogP contribution < -0.4 is 0 Å². The molecule has 9 rings (SSSR count). The van der Waals surface area contributed by atoms with Crippen molar-refractivity contribution in [1.29, 1.82) is 0 Å². The van der Waals surface area contributed by atoms with Gasteiger partial charge in [-0.1, -0.05) is 103 Å². The first-order valence-corrected chi connectivity index (χ1v) is 15.5. The van der Waals surface area contributed by atoms with Crippen LogP contribution in [-0.4, -0.2) is 4.57 Å². The van der Waals surface area contributed by atoms with Crippen molar-refractivity contribution in [1.82, 2.24) is 4.57 Å². The molecule has 0 aliphatic carbocycles. The van der Waals surface area contributed by atoms with Gasteiger partial charge in [0.2, 0.25) is 0 Å². The molecule has 0 spiro atoms. The first-order valence-electron chi connectivity index (χ1n) is 13.9. The van der Waals surface area contributed by atoms with Crippen LogP contribution in [0, 0.1) is 0 Å². The number of thiophene rings is 2. The van der Waals surface area contributed by atoms with Crippen LogP contribution in [0.15, 0.2) is 140 Å². The molecule has 0 aliphatic heterocycles. The van der Waals surface area contributed by atoms with Crippen molar-refractivity contribution in [2.75, 3.05) is 0 Å². The van der Waals surface area contributed by atoms with Crippen molar-refractivity contribution in [2.45, 2.75) is 0 Å². The molecule has 0 aliphatic rings. The zero-order chi connectivity index (χ0) is 26.9. The van der Waals surface area contributed by atoms with Crippen LogP contribution in [0.1, 0.15) is 0 Å². The highest BCUT2D eigenvalue weighted by Gasteiger charge is 2.19. The molecule has 0 N–H and O–H groups in total. The topological polar surface area (TPSA) is 4.93 Å². The number of hydrogen-bond donors (Lipinski definition) is 0. The van der Waals surface area contributed by atoms with Crippen LogP contribution in [0.3, 0.4) is 0 Å². The molecule has 0 amide bonds. The largest absolute Gasteiger partial charge is 0.308 e. The Bertz CT molecular complexity index is 2410. The maximum Gasteiger partial charge on any atom is 0.0727 e. The summed E-state index contributed by atoms with van der Waals surface area (Å²) in [4.78, 5) is 0. The average Bonchev–Trinajstić information content (AvgIpc) is 3.70. The van der Waals surface area contributed by atoms with E-state index in [1.54, 1.807) is 0 Å². The summed E-state index contributed by atoms with van der Waals surface area (Å²) in [5.41, 5.74) is 8.88. The van der Waals surface area contributed by atoms with Gasteiger partial charge in [0.25, 0.3) is 0 Å². The summed E-state index contributed by atoms with van der Waals surface area (Å²) in [7, 11) is 0. The Morgan fingerprint density at radius 2 is 1.15 bits per heavy atom. The van der Waals surface area contributed by atoms with E-state index in [0.717, 1.165) is 0 Å². The van der Waals surface area contributed by atoms with Gasteiger partial charge in [-0.2, -0.15) is 0 Å². The molecule has 0 radical (unpaired) electrons. The summed E-state index contributed by atoms with van der Waals surface area (Å²) in [6.07, 6.45) is 0. The fraction of sp³-hybridized carbons (Fsp3) is 0. The van der Waals surface area contributed by atoms with E-state index in [1.807, 2.05) is 22.7 Å². The second kappa shape index (κ2) is 8.90. The summed E-state index contributed by atoms with van der Waals surface area (Å²) in [5, 5.41) is 5.30. The third-order valence-electron chi connectivity index (χ3n) is 8.21. The lowest BCUT2D eigenvalue weighted by molar-refractivity contribution is 1.19. The summed E-state index contributed by atoms with van der Waals surface area (Å²) in [6.45, 7) is 0. The highest BCUT2D eigenvalue weighted by molar-refractivity contribution is 7.27. The summed E-state index contributed by atoms with van der Waals surface area (Å²) >= 11 is 3.80. The zero-order valence-corrected chi connectivity index (χ0v) is 23.7. The Labute approximate surface area is 245 Å². The molecule has 192 valence electrons. The molecule has 0 fully saturated rings. The highest BCUT2D eigenvalue weighted by Crippen LogP contribution is 2.46. The van der Waals surface area contributed by atoms with Gasteiger partial charge in [-0.15, -0.1) is 22.7 Å². The van der Waals surface area contributed by atoms with Crippen LogP contribution in [-0.2, 0) is 0 Å². The summed E-state index contributed by atoms with van der Waals surface area (Å²) < 4.78 is 7.80. The predicted octanol–water partition coefficient (Wildman–Crippen LogP) is 11.7. The highest BCUT2D eigenvalue weighted by atomic mass is 32.1. The number of benzene rings is 6. The predicted molar refractivity (Wildman–Crippen MR) is 180 cm³/mol. The Morgan fingerprint density at radius 1 is 0.439 bits per heavy atom. The standard InChI is InChI=1S/C38H23NS2/c1-3-11-24(12-4-1)28-17-9-18-30-35-27(16-10-20-34(35)41-37(28)30)25-21-22-33-31(23-25)36-38(40-33)29-15-7-8-19-32(29)39(36)26-13-5-2-6-14-26/h1-23H. The molecule has 0 saturated heterocycles. The third-order valence-corrected chi connectivity index (χ3v) is 10.6. The molecular formula is C38H23NS2. The molecule has 0 saturated carbocycles. The van der Waals surface area contributed by atoms with Gasteiger partial charge in [-0.05, 0) is 58.7 Å². The third kappa shape index (κ3) is 3.40. The SMILES string of the molecule is c1ccc(-c2cccc3c2sc2cccc(-c4ccc5sc6c7ccccc7n(-c7ccccc7)c6c5c4)c23)cc1. The van der Waals surface area contributed by atoms with Crippen molar-refractivity contribution < 1.29 is 0 Å². The van der Waals surface area contributed by atoms with E-state index in [-0.39, 0.29) is 0 Å². The van der Waals surface area contributed by atoms with E-state index < -0.39 is 0 Å². The van der Waals surface area contributed by atoms with Crippen LogP contribution >= 0.6 is 22.7 Å².